The molecule has 8 nitrogen and oxygen atoms in total. The molecule has 1 atom stereocenters. The van der Waals surface area contributed by atoms with E-state index in [1.807, 2.05) is 0 Å². The maximum Gasteiger partial charge on any atom is 0.328 e. The Morgan fingerprint density at radius 2 is 1.93 bits per heavy atom. The number of nitrogens with one attached hydrogen (secondary N) is 2. The number of anilines is 1. The van der Waals surface area contributed by atoms with Gasteiger partial charge in [0.2, 0.25) is 0 Å². The monoisotopic (exact) mass is 413 g/mol. The molecule has 27 heavy (non-hydrogen) atoms. The summed E-state index contributed by atoms with van der Waals surface area (Å²) in [5.41, 5.74) is -1.44. The first-order valence-electron chi connectivity index (χ1n) is 8.54. The number of nitrogens with zero attached hydrogens (tertiary/aromatic N) is 1. The standard InChI is InChI=1S/C17H23N3O5S2/c1-3-4-5-6-10-20-12-15(16(21)18-17(20)22)27(24,25)19-13-8-7-9-14(11-13)26(2)23/h7-9,11-12,19H,3-6,10H2,1-2H3,(H,18,21,22). The van der Waals surface area contributed by atoms with Gasteiger partial charge in [0.05, 0.1) is 5.69 Å². The molecule has 0 bridgehead atoms. The maximum absolute atomic E-state index is 12.6. The highest BCUT2D eigenvalue weighted by Crippen LogP contribution is 2.16. The van der Waals surface area contributed by atoms with Gasteiger partial charge in [-0.2, -0.15) is 0 Å². The van der Waals surface area contributed by atoms with Crippen molar-refractivity contribution in [2.75, 3.05) is 11.0 Å². The maximum atomic E-state index is 12.6. The summed E-state index contributed by atoms with van der Waals surface area (Å²) in [4.78, 5) is 25.9. The van der Waals surface area contributed by atoms with Crippen molar-refractivity contribution in [3.8, 4) is 0 Å². The number of aromatic nitrogens is 2. The lowest BCUT2D eigenvalue weighted by Gasteiger charge is -2.10. The first-order chi connectivity index (χ1) is 12.7. The van der Waals surface area contributed by atoms with Crippen LogP contribution in [0, 0.1) is 0 Å². The van der Waals surface area contributed by atoms with Crippen LogP contribution >= 0.6 is 0 Å². The molecular formula is C17H23N3O5S2. The Labute approximate surface area is 160 Å². The first-order valence-corrected chi connectivity index (χ1v) is 11.6. The molecule has 1 unspecified atom stereocenters. The SMILES string of the molecule is CCCCCCn1cc(S(=O)(=O)Nc2cccc(S(C)=O)c2)c(=O)[nH]c1=O. The van der Waals surface area contributed by atoms with Crippen LogP contribution in [0.3, 0.4) is 0 Å². The van der Waals surface area contributed by atoms with Crippen LogP contribution in [0.25, 0.3) is 0 Å². The van der Waals surface area contributed by atoms with Gasteiger partial charge >= 0.3 is 5.69 Å². The summed E-state index contributed by atoms with van der Waals surface area (Å²) in [6.45, 7) is 2.38. The number of benzene rings is 1. The molecule has 0 aliphatic heterocycles. The lowest BCUT2D eigenvalue weighted by atomic mass is 10.2. The number of unbranched alkanes of at least 4 members (excludes halogenated alkanes) is 3. The van der Waals surface area contributed by atoms with Crippen LogP contribution in [0.15, 0.2) is 49.8 Å². The lowest BCUT2D eigenvalue weighted by Crippen LogP contribution is -2.34. The molecule has 0 fully saturated rings. The number of hydrogen-bond acceptors (Lipinski definition) is 5. The Hall–Kier alpha value is -2.20. The van der Waals surface area contributed by atoms with E-state index in [2.05, 4.69) is 16.6 Å². The number of aromatic amines is 1. The van der Waals surface area contributed by atoms with E-state index >= 15 is 0 Å². The highest BCUT2D eigenvalue weighted by molar-refractivity contribution is 7.92. The second-order valence-electron chi connectivity index (χ2n) is 6.09. The predicted octanol–water partition coefficient (Wildman–Crippen LogP) is 1.66. The van der Waals surface area contributed by atoms with Crippen molar-refractivity contribution in [2.45, 2.75) is 48.9 Å². The van der Waals surface area contributed by atoms with Gasteiger partial charge in [-0.15, -0.1) is 0 Å². The average molecular weight is 414 g/mol. The van der Waals surface area contributed by atoms with Crippen molar-refractivity contribution >= 4 is 26.5 Å². The van der Waals surface area contributed by atoms with E-state index in [0.717, 1.165) is 25.5 Å². The summed E-state index contributed by atoms with van der Waals surface area (Å²) in [5.74, 6) is 0. The zero-order valence-electron chi connectivity index (χ0n) is 15.2. The van der Waals surface area contributed by atoms with Gasteiger partial charge in [0.1, 0.15) is 0 Å². The Morgan fingerprint density at radius 3 is 2.59 bits per heavy atom. The minimum atomic E-state index is -4.21. The van der Waals surface area contributed by atoms with Crippen LogP contribution in [0.5, 0.6) is 0 Å². The van der Waals surface area contributed by atoms with E-state index in [1.54, 1.807) is 12.1 Å². The number of rotatable bonds is 9. The summed E-state index contributed by atoms with van der Waals surface area (Å²) >= 11 is 0. The van der Waals surface area contributed by atoms with Crippen LogP contribution < -0.4 is 16.0 Å². The van der Waals surface area contributed by atoms with Crippen molar-refractivity contribution in [2.24, 2.45) is 0 Å². The number of H-pyrrole nitrogens is 1. The molecule has 0 amide bonds. The molecule has 2 aromatic rings. The summed E-state index contributed by atoms with van der Waals surface area (Å²) in [5, 5.41) is 0. The van der Waals surface area contributed by atoms with E-state index in [1.165, 1.54) is 23.0 Å². The van der Waals surface area contributed by atoms with Crippen LogP contribution in [0.4, 0.5) is 5.69 Å². The molecule has 2 N–H and O–H groups in total. The minimum absolute atomic E-state index is 0.183. The van der Waals surface area contributed by atoms with Crippen molar-refractivity contribution in [3.05, 3.63) is 51.3 Å². The molecule has 0 aliphatic rings. The van der Waals surface area contributed by atoms with E-state index < -0.39 is 37.0 Å². The largest absolute Gasteiger partial charge is 0.328 e. The van der Waals surface area contributed by atoms with Crippen LogP contribution in [-0.4, -0.2) is 28.4 Å². The van der Waals surface area contributed by atoms with Gasteiger partial charge in [-0.25, -0.2) is 13.2 Å². The van der Waals surface area contributed by atoms with Gasteiger partial charge in [-0.1, -0.05) is 32.3 Å². The Kier molecular flexibility index (Phi) is 7.14. The average Bonchev–Trinajstić information content (AvgIpc) is 2.59. The van der Waals surface area contributed by atoms with E-state index in [9.17, 15) is 22.2 Å². The Bertz CT molecular complexity index is 1040. The first kappa shape index (κ1) is 21.1. The van der Waals surface area contributed by atoms with Gasteiger partial charge in [0.15, 0.2) is 4.90 Å². The smallest absolute Gasteiger partial charge is 0.299 e. The van der Waals surface area contributed by atoms with Gasteiger partial charge in [0.25, 0.3) is 15.6 Å². The molecule has 0 saturated heterocycles. The Balaban J connectivity index is 2.32. The third-order valence-electron chi connectivity index (χ3n) is 3.94. The van der Waals surface area contributed by atoms with Gasteiger partial charge in [-0.3, -0.25) is 23.3 Å². The van der Waals surface area contributed by atoms with Crippen molar-refractivity contribution < 1.29 is 12.6 Å². The zero-order valence-corrected chi connectivity index (χ0v) is 16.9. The molecule has 0 radical (unpaired) electrons. The Morgan fingerprint density at radius 1 is 1.19 bits per heavy atom. The summed E-state index contributed by atoms with van der Waals surface area (Å²) in [6.07, 6.45) is 6.20. The van der Waals surface area contributed by atoms with Crippen molar-refractivity contribution in [3.63, 3.8) is 0 Å². The molecule has 0 saturated carbocycles. The molecule has 2 rings (SSSR count). The van der Waals surface area contributed by atoms with Gasteiger partial charge < -0.3 is 0 Å². The van der Waals surface area contributed by atoms with E-state index in [4.69, 9.17) is 0 Å². The zero-order chi connectivity index (χ0) is 20.0. The van der Waals surface area contributed by atoms with Gasteiger partial charge in [-0.05, 0) is 24.6 Å². The fourth-order valence-corrected chi connectivity index (χ4v) is 4.18. The van der Waals surface area contributed by atoms with Crippen molar-refractivity contribution in [1.82, 2.24) is 9.55 Å². The molecule has 0 spiro atoms. The second kappa shape index (κ2) is 9.14. The third-order valence-corrected chi connectivity index (χ3v) is 6.23. The molecule has 1 heterocycles. The van der Waals surface area contributed by atoms with Crippen LogP contribution in [-0.2, 0) is 27.4 Å². The van der Waals surface area contributed by atoms with Gasteiger partial charge in [0, 0.05) is 34.7 Å². The lowest BCUT2D eigenvalue weighted by molar-refractivity contribution is 0.549. The summed E-state index contributed by atoms with van der Waals surface area (Å²) in [7, 11) is -5.49. The predicted molar refractivity (Wildman–Crippen MR) is 105 cm³/mol. The molecule has 1 aromatic carbocycles. The summed E-state index contributed by atoms with van der Waals surface area (Å²) in [6, 6.07) is 6.09. The molecule has 0 aliphatic carbocycles. The molecule has 1 aromatic heterocycles. The van der Waals surface area contributed by atoms with E-state index in [-0.39, 0.29) is 5.69 Å². The quantitative estimate of drug-likeness (QED) is 0.606. The van der Waals surface area contributed by atoms with Crippen molar-refractivity contribution in [1.29, 1.82) is 0 Å². The van der Waals surface area contributed by atoms with Crippen LogP contribution in [0.1, 0.15) is 32.6 Å². The number of hydrogen-bond donors (Lipinski definition) is 2. The molecule has 148 valence electrons. The topological polar surface area (TPSA) is 118 Å². The number of aryl methyl sites for hydroxylation is 1. The molecular weight excluding hydrogens is 390 g/mol. The molecule has 10 heteroatoms. The summed E-state index contributed by atoms with van der Waals surface area (Å²) < 4.78 is 40.3. The normalized spacial score (nSPS) is 12.7. The fourth-order valence-electron chi connectivity index (χ4n) is 2.50. The van der Waals surface area contributed by atoms with E-state index in [0.29, 0.717) is 17.9 Å². The highest BCUT2D eigenvalue weighted by atomic mass is 32.2. The second-order valence-corrected chi connectivity index (χ2v) is 9.12. The third kappa shape index (κ3) is 5.64. The van der Waals surface area contributed by atoms with Crippen LogP contribution in [0.2, 0.25) is 0 Å². The number of sulfonamides is 1. The minimum Gasteiger partial charge on any atom is -0.299 e. The highest BCUT2D eigenvalue weighted by Gasteiger charge is 2.20. The fraction of sp³-hybridized carbons (Fsp3) is 0.412.